The standard InChI is InChI=1S/C47H31F/c48-47(44-25-13-8-18-37(44)31-14-2-1-3-15-31)36-27-34(45-29-32-16-4-6-19-38(32)40-21-9-11-23-42(40)45)26-35(28-36)46-30-33-17-5-7-20-39(33)41-22-10-12-24-43(41)46/h1-14,16-30H,15H2/b37-31-,47-44-. The highest BCUT2D eigenvalue weighted by Crippen LogP contribution is 2.40. The minimum Gasteiger partial charge on any atom is -0.206 e. The van der Waals surface area contributed by atoms with Crippen LogP contribution in [0.3, 0.4) is 0 Å². The first-order valence-corrected chi connectivity index (χ1v) is 16.5. The van der Waals surface area contributed by atoms with Gasteiger partial charge < -0.3 is 0 Å². The van der Waals surface area contributed by atoms with Crippen molar-refractivity contribution < 1.29 is 4.39 Å². The highest BCUT2D eigenvalue weighted by molar-refractivity contribution is 6.16. The van der Waals surface area contributed by atoms with Gasteiger partial charge in [0.25, 0.3) is 0 Å². The maximum Gasteiger partial charge on any atom is 0.138 e. The van der Waals surface area contributed by atoms with Crippen molar-refractivity contribution in [2.45, 2.75) is 6.42 Å². The van der Waals surface area contributed by atoms with E-state index >= 15 is 4.39 Å². The molecule has 0 saturated heterocycles. The average Bonchev–Trinajstić information content (AvgIpc) is 3.17. The molecule has 1 aliphatic rings. The number of hydrogen-bond donors (Lipinski definition) is 0. The normalized spacial score (nSPS) is 14.7. The Morgan fingerprint density at radius 2 is 0.958 bits per heavy atom. The Labute approximate surface area is 278 Å². The molecule has 0 atom stereocenters. The predicted molar refractivity (Wildman–Crippen MR) is 203 cm³/mol. The van der Waals surface area contributed by atoms with E-state index in [0.29, 0.717) is 10.8 Å². The van der Waals surface area contributed by atoms with Crippen molar-refractivity contribution in [1.82, 2.24) is 0 Å². The molecule has 1 aliphatic carbocycles. The van der Waals surface area contributed by atoms with Gasteiger partial charge in [-0.15, -0.1) is 0 Å². The third kappa shape index (κ3) is 4.75. The molecule has 0 nitrogen and oxygen atoms in total. The fourth-order valence-electron chi connectivity index (χ4n) is 7.47. The lowest BCUT2D eigenvalue weighted by Gasteiger charge is -2.16. The average molecular weight is 615 g/mol. The van der Waals surface area contributed by atoms with Crippen LogP contribution in [0, 0.1) is 0 Å². The second kappa shape index (κ2) is 11.6. The van der Waals surface area contributed by atoms with Crippen LogP contribution in [0.2, 0.25) is 0 Å². The topological polar surface area (TPSA) is 0 Å². The first-order valence-electron chi connectivity index (χ1n) is 16.5. The highest BCUT2D eigenvalue weighted by Gasteiger charge is 2.16. The largest absolute Gasteiger partial charge is 0.206 e. The Hall–Kier alpha value is -6.05. The molecule has 8 aromatic carbocycles. The molecule has 8 aromatic rings. The smallest absolute Gasteiger partial charge is 0.138 e. The summed E-state index contributed by atoms with van der Waals surface area (Å²) in [6.07, 6.45) is 9.07. The summed E-state index contributed by atoms with van der Waals surface area (Å²) in [7, 11) is 0. The molecule has 0 bridgehead atoms. The molecular weight excluding hydrogens is 584 g/mol. The fraction of sp³-hybridized carbons (Fsp3) is 0.0213. The van der Waals surface area contributed by atoms with Crippen LogP contribution < -0.4 is 10.4 Å². The van der Waals surface area contributed by atoms with E-state index < -0.39 is 0 Å². The number of hydrogen-bond acceptors (Lipinski definition) is 0. The quantitative estimate of drug-likeness (QED) is 0.174. The van der Waals surface area contributed by atoms with Crippen LogP contribution in [0.5, 0.6) is 0 Å². The summed E-state index contributed by atoms with van der Waals surface area (Å²) in [5.41, 5.74) is 5.84. The summed E-state index contributed by atoms with van der Waals surface area (Å²) in [6, 6.07) is 52.9. The summed E-state index contributed by atoms with van der Waals surface area (Å²) < 4.78 is 17.3. The molecule has 0 amide bonds. The monoisotopic (exact) mass is 614 g/mol. The molecule has 0 heterocycles. The van der Waals surface area contributed by atoms with Crippen LogP contribution in [0.4, 0.5) is 4.39 Å². The van der Waals surface area contributed by atoms with Crippen LogP contribution in [0.1, 0.15) is 12.0 Å². The maximum atomic E-state index is 17.3. The van der Waals surface area contributed by atoms with E-state index in [4.69, 9.17) is 0 Å². The predicted octanol–water partition coefficient (Wildman–Crippen LogP) is 11.4. The number of benzene rings is 8. The van der Waals surface area contributed by atoms with Gasteiger partial charge in [-0.05, 0) is 113 Å². The molecule has 0 aliphatic heterocycles. The number of allylic oxidation sites excluding steroid dienone is 4. The second-order valence-electron chi connectivity index (χ2n) is 12.6. The van der Waals surface area contributed by atoms with Crippen molar-refractivity contribution in [2.75, 3.05) is 0 Å². The third-order valence-electron chi connectivity index (χ3n) is 9.74. The Morgan fingerprint density at radius 1 is 0.458 bits per heavy atom. The van der Waals surface area contributed by atoms with Crippen molar-refractivity contribution in [3.63, 3.8) is 0 Å². The minimum absolute atomic E-state index is 0.223. The molecule has 0 fully saturated rings. The van der Waals surface area contributed by atoms with Crippen molar-refractivity contribution in [2.24, 2.45) is 0 Å². The van der Waals surface area contributed by atoms with Crippen molar-refractivity contribution in [3.05, 3.63) is 192 Å². The molecule has 0 aromatic heterocycles. The van der Waals surface area contributed by atoms with E-state index in [2.05, 4.69) is 127 Å². The zero-order valence-corrected chi connectivity index (χ0v) is 26.3. The van der Waals surface area contributed by atoms with Crippen molar-refractivity contribution >= 4 is 54.5 Å². The molecular formula is C47H31F. The first-order chi connectivity index (χ1) is 23.7. The van der Waals surface area contributed by atoms with Gasteiger partial charge in [-0.2, -0.15) is 0 Å². The second-order valence-corrected chi connectivity index (χ2v) is 12.6. The molecule has 0 N–H and O–H groups in total. The van der Waals surface area contributed by atoms with Gasteiger partial charge in [0.1, 0.15) is 5.83 Å². The van der Waals surface area contributed by atoms with Crippen LogP contribution >= 0.6 is 0 Å². The molecule has 48 heavy (non-hydrogen) atoms. The number of halogens is 1. The van der Waals surface area contributed by atoms with E-state index in [0.717, 1.165) is 61.0 Å². The summed E-state index contributed by atoms with van der Waals surface area (Å²) >= 11 is 0. The Balaban J connectivity index is 1.40. The van der Waals surface area contributed by atoms with E-state index in [9.17, 15) is 0 Å². The van der Waals surface area contributed by atoms with Gasteiger partial charge in [0.2, 0.25) is 0 Å². The molecule has 0 saturated carbocycles. The van der Waals surface area contributed by atoms with E-state index in [1.807, 2.05) is 48.6 Å². The summed E-state index contributed by atoms with van der Waals surface area (Å²) in [5.74, 6) is -0.223. The Kier molecular flexibility index (Phi) is 6.83. The molecule has 9 rings (SSSR count). The summed E-state index contributed by atoms with van der Waals surface area (Å²) in [5, 5.41) is 11.0. The summed E-state index contributed by atoms with van der Waals surface area (Å²) in [6.45, 7) is 0. The van der Waals surface area contributed by atoms with Gasteiger partial charge in [-0.25, -0.2) is 4.39 Å². The lowest BCUT2D eigenvalue weighted by molar-refractivity contribution is 0.752. The Bertz CT molecular complexity index is 2620. The Morgan fingerprint density at radius 3 is 1.52 bits per heavy atom. The third-order valence-corrected chi connectivity index (χ3v) is 9.74. The summed E-state index contributed by atoms with van der Waals surface area (Å²) in [4.78, 5) is 0. The SMILES string of the molecule is F/C(c1cc(-c2cc3ccccc3c3ccccc23)cc(-c2cc3ccccc3c3ccccc23)c1)=c1/cccc/c1=C1\C=CC=CC1. The molecule has 0 radical (unpaired) electrons. The molecule has 1 heteroatoms. The molecule has 0 spiro atoms. The van der Waals surface area contributed by atoms with Crippen LogP contribution in [0.15, 0.2) is 176 Å². The van der Waals surface area contributed by atoms with E-state index in [1.165, 1.54) is 21.5 Å². The zero-order valence-electron chi connectivity index (χ0n) is 26.3. The van der Waals surface area contributed by atoms with E-state index in [1.54, 1.807) is 0 Å². The van der Waals surface area contributed by atoms with Crippen molar-refractivity contribution in [3.8, 4) is 22.3 Å². The van der Waals surface area contributed by atoms with Gasteiger partial charge in [0, 0.05) is 10.8 Å². The van der Waals surface area contributed by atoms with Gasteiger partial charge in [-0.3, -0.25) is 0 Å². The van der Waals surface area contributed by atoms with E-state index in [-0.39, 0.29) is 5.83 Å². The van der Waals surface area contributed by atoms with Crippen LogP contribution in [0.25, 0.3) is 76.7 Å². The lowest BCUT2D eigenvalue weighted by Crippen LogP contribution is -2.28. The van der Waals surface area contributed by atoms with Gasteiger partial charge >= 0.3 is 0 Å². The minimum atomic E-state index is -0.223. The number of rotatable bonds is 3. The molecule has 226 valence electrons. The lowest BCUT2D eigenvalue weighted by atomic mass is 9.88. The maximum absolute atomic E-state index is 17.3. The first kappa shape index (κ1) is 28.2. The van der Waals surface area contributed by atoms with Crippen LogP contribution in [-0.4, -0.2) is 0 Å². The fourth-order valence-corrected chi connectivity index (χ4v) is 7.47. The highest BCUT2D eigenvalue weighted by atomic mass is 19.1. The van der Waals surface area contributed by atoms with Gasteiger partial charge in [0.15, 0.2) is 0 Å². The number of fused-ring (bicyclic) bond motifs is 6. The van der Waals surface area contributed by atoms with Gasteiger partial charge in [-0.1, -0.05) is 146 Å². The molecule has 0 unspecified atom stereocenters. The van der Waals surface area contributed by atoms with Gasteiger partial charge in [0.05, 0.1) is 0 Å². The van der Waals surface area contributed by atoms with Crippen molar-refractivity contribution in [1.29, 1.82) is 0 Å². The zero-order chi connectivity index (χ0) is 32.0. The van der Waals surface area contributed by atoms with Crippen LogP contribution in [-0.2, 0) is 0 Å².